The zero-order chi connectivity index (χ0) is 20.5. The summed E-state index contributed by atoms with van der Waals surface area (Å²) in [6, 6.07) is 24.3. The fraction of sp³-hybridized carbons (Fsp3) is 0.167. The maximum Gasteiger partial charge on any atom is 0.255 e. The number of methoxy groups -OCH3 is 1. The molecule has 29 heavy (non-hydrogen) atoms. The molecular weight excluding hydrogens is 364 g/mol. The van der Waals surface area contributed by atoms with E-state index in [0.29, 0.717) is 24.9 Å². The summed E-state index contributed by atoms with van der Waals surface area (Å²) < 4.78 is 5.13. The third-order valence-electron chi connectivity index (χ3n) is 4.51. The van der Waals surface area contributed by atoms with Gasteiger partial charge in [-0.15, -0.1) is 0 Å². The van der Waals surface area contributed by atoms with E-state index in [9.17, 15) is 9.59 Å². The Labute approximate surface area is 170 Å². The van der Waals surface area contributed by atoms with Gasteiger partial charge in [0.05, 0.1) is 7.11 Å². The van der Waals surface area contributed by atoms with Crippen molar-refractivity contribution < 1.29 is 14.3 Å². The fourth-order valence-electron chi connectivity index (χ4n) is 2.89. The lowest BCUT2D eigenvalue weighted by Gasteiger charge is -2.09. The van der Waals surface area contributed by atoms with Crippen LogP contribution in [0.5, 0.6) is 5.75 Å². The minimum Gasteiger partial charge on any atom is -0.497 e. The maximum atomic E-state index is 12.4. The molecule has 5 nitrogen and oxygen atoms in total. The Morgan fingerprint density at radius 2 is 1.62 bits per heavy atom. The zero-order valence-corrected chi connectivity index (χ0v) is 16.4. The van der Waals surface area contributed by atoms with Crippen LogP contribution in [0.3, 0.4) is 0 Å². The predicted molar refractivity (Wildman–Crippen MR) is 114 cm³/mol. The number of hydrogen-bond donors (Lipinski definition) is 2. The first-order valence-electron chi connectivity index (χ1n) is 9.49. The number of amides is 2. The van der Waals surface area contributed by atoms with E-state index in [-0.39, 0.29) is 11.8 Å². The van der Waals surface area contributed by atoms with Crippen LogP contribution in [0.15, 0.2) is 78.9 Å². The highest BCUT2D eigenvalue weighted by Gasteiger charge is 2.08. The second-order valence-corrected chi connectivity index (χ2v) is 6.65. The van der Waals surface area contributed by atoms with Crippen molar-refractivity contribution in [3.63, 3.8) is 0 Å². The Hall–Kier alpha value is -3.60. The summed E-state index contributed by atoms with van der Waals surface area (Å²) in [7, 11) is 1.63. The second-order valence-electron chi connectivity index (χ2n) is 6.65. The standard InChI is InChI=1S/C24H24N2O3/c1-29-22-13-10-18(11-14-22)12-15-23(27)25-17-19-6-5-7-20(16-19)24(28)26-21-8-3-2-4-9-21/h2-11,13-14,16H,12,15,17H2,1H3,(H,25,27)(H,26,28). The van der Waals surface area contributed by atoms with Gasteiger partial charge in [-0.2, -0.15) is 0 Å². The molecule has 2 N–H and O–H groups in total. The van der Waals surface area contributed by atoms with Crippen molar-refractivity contribution in [2.75, 3.05) is 12.4 Å². The quantitative estimate of drug-likeness (QED) is 0.608. The summed E-state index contributed by atoms with van der Waals surface area (Å²) in [5.41, 5.74) is 3.26. The van der Waals surface area contributed by atoms with Gasteiger partial charge in [0.1, 0.15) is 5.75 Å². The van der Waals surface area contributed by atoms with E-state index >= 15 is 0 Å². The Bertz CT molecular complexity index is 953. The molecule has 3 aromatic carbocycles. The van der Waals surface area contributed by atoms with Crippen molar-refractivity contribution in [3.05, 3.63) is 95.6 Å². The van der Waals surface area contributed by atoms with Crippen molar-refractivity contribution in [1.29, 1.82) is 0 Å². The van der Waals surface area contributed by atoms with E-state index in [1.807, 2.05) is 66.7 Å². The summed E-state index contributed by atoms with van der Waals surface area (Å²) >= 11 is 0. The second kappa shape index (κ2) is 10.1. The largest absolute Gasteiger partial charge is 0.497 e. The lowest BCUT2D eigenvalue weighted by molar-refractivity contribution is -0.121. The van der Waals surface area contributed by atoms with Gasteiger partial charge in [-0.05, 0) is 53.9 Å². The van der Waals surface area contributed by atoms with E-state index in [0.717, 1.165) is 22.6 Å². The first-order chi connectivity index (χ1) is 14.1. The number of nitrogens with one attached hydrogen (secondary N) is 2. The molecule has 0 saturated carbocycles. The lowest BCUT2D eigenvalue weighted by Crippen LogP contribution is -2.23. The summed E-state index contributed by atoms with van der Waals surface area (Å²) in [5, 5.41) is 5.77. The SMILES string of the molecule is COc1ccc(CCC(=O)NCc2cccc(C(=O)Nc3ccccc3)c2)cc1. The molecule has 0 atom stereocenters. The van der Waals surface area contributed by atoms with Crippen LogP contribution in [0.4, 0.5) is 5.69 Å². The van der Waals surface area contributed by atoms with Crippen LogP contribution in [0, 0.1) is 0 Å². The molecule has 2 amide bonds. The number of benzene rings is 3. The van der Waals surface area contributed by atoms with Crippen LogP contribution < -0.4 is 15.4 Å². The topological polar surface area (TPSA) is 67.4 Å². The first kappa shape index (κ1) is 20.1. The third kappa shape index (κ3) is 6.21. The van der Waals surface area contributed by atoms with Gasteiger partial charge in [-0.1, -0.05) is 42.5 Å². The minimum atomic E-state index is -0.177. The van der Waals surface area contributed by atoms with Crippen molar-refractivity contribution in [2.45, 2.75) is 19.4 Å². The smallest absolute Gasteiger partial charge is 0.255 e. The highest BCUT2D eigenvalue weighted by molar-refractivity contribution is 6.04. The summed E-state index contributed by atoms with van der Waals surface area (Å²) in [6.45, 7) is 0.383. The fourth-order valence-corrected chi connectivity index (χ4v) is 2.89. The zero-order valence-electron chi connectivity index (χ0n) is 16.4. The number of carbonyl (C=O) groups excluding carboxylic acids is 2. The molecule has 0 unspecified atom stereocenters. The van der Waals surface area contributed by atoms with Crippen LogP contribution in [-0.4, -0.2) is 18.9 Å². The number of ether oxygens (including phenoxy) is 1. The van der Waals surface area contributed by atoms with E-state index in [4.69, 9.17) is 4.74 Å². The third-order valence-corrected chi connectivity index (χ3v) is 4.51. The highest BCUT2D eigenvalue weighted by atomic mass is 16.5. The summed E-state index contributed by atoms with van der Waals surface area (Å²) in [6.07, 6.45) is 1.07. The normalized spacial score (nSPS) is 10.2. The maximum absolute atomic E-state index is 12.4. The van der Waals surface area contributed by atoms with Gasteiger partial charge in [-0.25, -0.2) is 0 Å². The van der Waals surface area contributed by atoms with Gasteiger partial charge in [0, 0.05) is 24.2 Å². The Balaban J connectivity index is 1.49. The number of hydrogen-bond acceptors (Lipinski definition) is 3. The number of aryl methyl sites for hydroxylation is 1. The first-order valence-corrected chi connectivity index (χ1v) is 9.49. The summed E-state index contributed by atoms with van der Waals surface area (Å²) in [4.78, 5) is 24.6. The molecule has 0 aliphatic rings. The van der Waals surface area contributed by atoms with Gasteiger partial charge in [-0.3, -0.25) is 9.59 Å². The molecular formula is C24H24N2O3. The van der Waals surface area contributed by atoms with E-state index in [1.165, 1.54) is 0 Å². The van der Waals surface area contributed by atoms with Gasteiger partial charge in [0.15, 0.2) is 0 Å². The van der Waals surface area contributed by atoms with Crippen molar-refractivity contribution in [2.24, 2.45) is 0 Å². The average molecular weight is 388 g/mol. The average Bonchev–Trinajstić information content (AvgIpc) is 2.77. The van der Waals surface area contributed by atoms with Gasteiger partial charge in [0.2, 0.25) is 5.91 Å². The highest BCUT2D eigenvalue weighted by Crippen LogP contribution is 2.13. The predicted octanol–water partition coefficient (Wildman–Crippen LogP) is 4.20. The van der Waals surface area contributed by atoms with Crippen LogP contribution >= 0.6 is 0 Å². The van der Waals surface area contributed by atoms with Crippen molar-refractivity contribution in [3.8, 4) is 5.75 Å². The monoisotopic (exact) mass is 388 g/mol. The molecule has 0 saturated heterocycles. The summed E-state index contributed by atoms with van der Waals surface area (Å²) in [5.74, 6) is 0.596. The Morgan fingerprint density at radius 3 is 2.34 bits per heavy atom. The molecule has 0 aromatic heterocycles. The number of anilines is 1. The van der Waals surface area contributed by atoms with E-state index in [2.05, 4.69) is 10.6 Å². The van der Waals surface area contributed by atoms with E-state index < -0.39 is 0 Å². The van der Waals surface area contributed by atoms with Gasteiger partial charge < -0.3 is 15.4 Å². The molecule has 0 spiro atoms. The molecule has 0 radical (unpaired) electrons. The van der Waals surface area contributed by atoms with Gasteiger partial charge >= 0.3 is 0 Å². The number of rotatable bonds is 8. The van der Waals surface area contributed by atoms with Crippen LogP contribution in [0.1, 0.15) is 27.9 Å². The molecule has 148 valence electrons. The molecule has 3 aromatic rings. The Kier molecular flexibility index (Phi) is 7.00. The molecule has 0 aliphatic heterocycles. The molecule has 0 heterocycles. The van der Waals surface area contributed by atoms with Crippen LogP contribution in [0.25, 0.3) is 0 Å². The number of carbonyl (C=O) groups is 2. The van der Waals surface area contributed by atoms with Crippen LogP contribution in [-0.2, 0) is 17.8 Å². The van der Waals surface area contributed by atoms with Gasteiger partial charge in [0.25, 0.3) is 5.91 Å². The van der Waals surface area contributed by atoms with E-state index in [1.54, 1.807) is 19.2 Å². The Morgan fingerprint density at radius 1 is 0.862 bits per heavy atom. The van der Waals surface area contributed by atoms with Crippen molar-refractivity contribution >= 4 is 17.5 Å². The molecule has 3 rings (SSSR count). The molecule has 0 bridgehead atoms. The number of para-hydroxylation sites is 1. The molecule has 0 fully saturated rings. The lowest BCUT2D eigenvalue weighted by atomic mass is 10.1. The van der Waals surface area contributed by atoms with Crippen LogP contribution in [0.2, 0.25) is 0 Å². The molecule has 5 heteroatoms. The molecule has 0 aliphatic carbocycles. The van der Waals surface area contributed by atoms with Crippen molar-refractivity contribution in [1.82, 2.24) is 5.32 Å². The minimum absolute atomic E-state index is 0.0278.